The minimum Gasteiger partial charge on any atom is -0.492 e. The van der Waals surface area contributed by atoms with Gasteiger partial charge in [-0.15, -0.1) is 0 Å². The fourth-order valence-electron chi connectivity index (χ4n) is 3.59. The molecule has 1 unspecified atom stereocenters. The Labute approximate surface area is 137 Å². The van der Waals surface area contributed by atoms with Crippen LogP contribution in [-0.4, -0.2) is 48.8 Å². The van der Waals surface area contributed by atoms with E-state index in [1.54, 1.807) is 0 Å². The molecule has 0 amide bonds. The van der Waals surface area contributed by atoms with Crippen LogP contribution in [0.25, 0.3) is 10.9 Å². The maximum Gasteiger partial charge on any atom is 0.128 e. The van der Waals surface area contributed by atoms with Crippen LogP contribution in [0.1, 0.15) is 19.3 Å². The highest BCUT2D eigenvalue weighted by Gasteiger charge is 2.24. The second-order valence-electron chi connectivity index (χ2n) is 6.37. The van der Waals surface area contributed by atoms with E-state index in [-0.39, 0.29) is 0 Å². The Morgan fingerprint density at radius 2 is 2.30 bits per heavy atom. The molecule has 2 aliphatic rings. The zero-order chi connectivity index (χ0) is 15.5. The number of hydrogen-bond acceptors (Lipinski definition) is 3. The van der Waals surface area contributed by atoms with Crippen molar-refractivity contribution < 1.29 is 9.47 Å². The Balaban J connectivity index is 1.31. The first-order chi connectivity index (χ1) is 11.4. The fourth-order valence-corrected chi connectivity index (χ4v) is 3.59. The number of aromatic nitrogens is 1. The lowest BCUT2D eigenvalue weighted by Crippen LogP contribution is -2.44. The lowest BCUT2D eigenvalue weighted by atomic mass is 10.1. The molecule has 0 bridgehead atoms. The van der Waals surface area contributed by atoms with Crippen LogP contribution in [0.15, 0.2) is 42.1 Å². The summed E-state index contributed by atoms with van der Waals surface area (Å²) < 4.78 is 12.0. The second-order valence-corrected chi connectivity index (χ2v) is 6.37. The summed E-state index contributed by atoms with van der Waals surface area (Å²) in [5, 5.41) is 1.16. The molecule has 1 aliphatic carbocycles. The number of nitrogens with zero attached hydrogens (tertiary/aromatic N) is 1. The third-order valence-electron chi connectivity index (χ3n) is 4.86. The molecule has 2 heterocycles. The van der Waals surface area contributed by atoms with Crippen molar-refractivity contribution in [3.8, 4) is 5.75 Å². The zero-order valence-electron chi connectivity index (χ0n) is 13.5. The molecule has 2 aromatic rings. The predicted octanol–water partition coefficient (Wildman–Crippen LogP) is 3.36. The number of allylic oxidation sites excluding steroid dienone is 1. The molecule has 1 saturated heterocycles. The summed E-state index contributed by atoms with van der Waals surface area (Å²) in [6.45, 7) is 4.50. The number of nitrogens with one attached hydrogen (secondary N) is 1. The number of H-pyrrole nitrogens is 1. The van der Waals surface area contributed by atoms with Gasteiger partial charge in [-0.25, -0.2) is 0 Å². The van der Waals surface area contributed by atoms with Crippen molar-refractivity contribution in [2.45, 2.75) is 25.4 Å². The molecule has 1 atom stereocenters. The number of hydrogen-bond donors (Lipinski definition) is 1. The highest BCUT2D eigenvalue weighted by Crippen LogP contribution is 2.26. The van der Waals surface area contributed by atoms with Crippen molar-refractivity contribution in [2.24, 2.45) is 0 Å². The molecule has 1 fully saturated rings. The topological polar surface area (TPSA) is 37.5 Å². The van der Waals surface area contributed by atoms with Gasteiger partial charge in [0.15, 0.2) is 0 Å². The predicted molar refractivity (Wildman–Crippen MR) is 91.9 cm³/mol. The van der Waals surface area contributed by atoms with Gasteiger partial charge in [-0.3, -0.25) is 4.90 Å². The first-order valence-electron chi connectivity index (χ1n) is 8.62. The monoisotopic (exact) mass is 312 g/mol. The maximum absolute atomic E-state index is 6.02. The van der Waals surface area contributed by atoms with E-state index in [0.29, 0.717) is 6.10 Å². The Hall–Kier alpha value is -1.78. The van der Waals surface area contributed by atoms with Crippen molar-refractivity contribution >= 4 is 10.9 Å². The van der Waals surface area contributed by atoms with E-state index in [0.717, 1.165) is 49.5 Å². The number of benzene rings is 1. The van der Waals surface area contributed by atoms with Gasteiger partial charge in [-0.2, -0.15) is 0 Å². The van der Waals surface area contributed by atoms with Crippen LogP contribution in [0.5, 0.6) is 5.75 Å². The number of morpholine rings is 1. The first-order valence-corrected chi connectivity index (χ1v) is 8.62. The van der Waals surface area contributed by atoms with Gasteiger partial charge < -0.3 is 14.5 Å². The summed E-state index contributed by atoms with van der Waals surface area (Å²) in [7, 11) is 0. The molecule has 23 heavy (non-hydrogen) atoms. The van der Waals surface area contributed by atoms with Crippen LogP contribution in [-0.2, 0) is 4.74 Å². The molecule has 1 aromatic carbocycles. The summed E-state index contributed by atoms with van der Waals surface area (Å²) in [4.78, 5) is 5.69. The molecular formula is C19H24N2O2. The van der Waals surface area contributed by atoms with Crippen molar-refractivity contribution in [3.05, 3.63) is 42.1 Å². The number of fused-ring (bicyclic) bond motifs is 1. The smallest absolute Gasteiger partial charge is 0.128 e. The standard InChI is InChI=1S/C19H24N2O2/c1-2-5-15(4-1)19-14-21(11-13-23-19)10-12-22-18-7-3-6-17-16(18)8-9-20-17/h3-4,6-9,19-20H,1-2,5,10-14H2. The summed E-state index contributed by atoms with van der Waals surface area (Å²) in [6, 6.07) is 8.22. The molecule has 4 rings (SSSR count). The Morgan fingerprint density at radius 3 is 3.22 bits per heavy atom. The third kappa shape index (κ3) is 3.28. The van der Waals surface area contributed by atoms with E-state index in [9.17, 15) is 0 Å². The van der Waals surface area contributed by atoms with Gasteiger partial charge in [0.2, 0.25) is 0 Å². The molecule has 0 radical (unpaired) electrons. The van der Waals surface area contributed by atoms with E-state index >= 15 is 0 Å². The van der Waals surface area contributed by atoms with Gasteiger partial charge in [-0.1, -0.05) is 12.1 Å². The normalized spacial score (nSPS) is 22.4. The second kappa shape index (κ2) is 6.77. The van der Waals surface area contributed by atoms with E-state index in [4.69, 9.17) is 9.47 Å². The SMILES string of the molecule is C1=C(C2CN(CCOc3cccc4[nH]ccc34)CCO2)CCC1. The van der Waals surface area contributed by atoms with Crippen LogP contribution in [0, 0.1) is 0 Å². The fraction of sp³-hybridized carbons (Fsp3) is 0.474. The molecular weight excluding hydrogens is 288 g/mol. The first kappa shape index (κ1) is 14.8. The van der Waals surface area contributed by atoms with Gasteiger partial charge in [0, 0.05) is 36.7 Å². The Morgan fingerprint density at radius 1 is 1.30 bits per heavy atom. The Bertz CT molecular complexity index is 691. The third-order valence-corrected chi connectivity index (χ3v) is 4.86. The average molecular weight is 312 g/mol. The van der Waals surface area contributed by atoms with E-state index in [1.165, 1.54) is 24.8 Å². The molecule has 4 heteroatoms. The van der Waals surface area contributed by atoms with Gasteiger partial charge >= 0.3 is 0 Å². The summed E-state index contributed by atoms with van der Waals surface area (Å²) in [6.07, 6.45) is 8.36. The van der Waals surface area contributed by atoms with Gasteiger partial charge in [0.25, 0.3) is 0 Å². The van der Waals surface area contributed by atoms with Crippen molar-refractivity contribution in [3.63, 3.8) is 0 Å². The maximum atomic E-state index is 6.02. The van der Waals surface area contributed by atoms with Crippen LogP contribution < -0.4 is 4.74 Å². The van der Waals surface area contributed by atoms with Crippen LogP contribution in [0.4, 0.5) is 0 Å². The van der Waals surface area contributed by atoms with Gasteiger partial charge in [0.05, 0.1) is 12.7 Å². The summed E-state index contributed by atoms with van der Waals surface area (Å²) >= 11 is 0. The molecule has 0 saturated carbocycles. The van der Waals surface area contributed by atoms with Crippen molar-refractivity contribution in [1.29, 1.82) is 0 Å². The summed E-state index contributed by atoms with van der Waals surface area (Å²) in [5.74, 6) is 0.965. The van der Waals surface area contributed by atoms with Gasteiger partial charge in [0.1, 0.15) is 12.4 Å². The minimum atomic E-state index is 0.305. The molecule has 1 aromatic heterocycles. The number of ether oxygens (including phenoxy) is 2. The van der Waals surface area contributed by atoms with Crippen LogP contribution >= 0.6 is 0 Å². The van der Waals surface area contributed by atoms with Crippen molar-refractivity contribution in [1.82, 2.24) is 9.88 Å². The molecule has 0 spiro atoms. The molecule has 4 nitrogen and oxygen atoms in total. The van der Waals surface area contributed by atoms with Crippen molar-refractivity contribution in [2.75, 3.05) is 32.8 Å². The number of rotatable bonds is 5. The highest BCUT2D eigenvalue weighted by atomic mass is 16.5. The van der Waals surface area contributed by atoms with E-state index in [2.05, 4.69) is 28.1 Å². The van der Waals surface area contributed by atoms with E-state index < -0.39 is 0 Å². The lowest BCUT2D eigenvalue weighted by Gasteiger charge is -2.33. The average Bonchev–Trinajstić information content (AvgIpc) is 3.27. The van der Waals surface area contributed by atoms with Crippen LogP contribution in [0.3, 0.4) is 0 Å². The number of aromatic amines is 1. The van der Waals surface area contributed by atoms with E-state index in [1.807, 2.05) is 18.3 Å². The molecule has 1 aliphatic heterocycles. The summed E-state index contributed by atoms with van der Waals surface area (Å²) in [5.41, 5.74) is 2.63. The minimum absolute atomic E-state index is 0.305. The van der Waals surface area contributed by atoms with Crippen LogP contribution in [0.2, 0.25) is 0 Å². The molecule has 1 N–H and O–H groups in total. The largest absolute Gasteiger partial charge is 0.492 e. The molecule has 122 valence electrons. The Kier molecular flexibility index (Phi) is 4.35. The highest BCUT2D eigenvalue weighted by molar-refractivity contribution is 5.85. The lowest BCUT2D eigenvalue weighted by molar-refractivity contribution is -0.0135. The zero-order valence-corrected chi connectivity index (χ0v) is 13.5. The quantitative estimate of drug-likeness (QED) is 0.860. The van der Waals surface area contributed by atoms with Gasteiger partial charge in [-0.05, 0) is 43.0 Å².